The number of hydrogen-bond donors (Lipinski definition) is 0. The molecular weight excluding hydrogens is 269 g/mol. The third-order valence-corrected chi connectivity index (χ3v) is 3.79. The summed E-state index contributed by atoms with van der Waals surface area (Å²) in [6, 6.07) is 5.36. The maximum Gasteiger partial charge on any atom is 0.129 e. The molecule has 88 valence electrons. The normalized spacial score (nSPS) is 21.2. The third-order valence-electron chi connectivity index (χ3n) is 3.23. The summed E-state index contributed by atoms with van der Waals surface area (Å²) in [6.45, 7) is 4.36. The van der Waals surface area contributed by atoms with E-state index >= 15 is 0 Å². The second-order valence-electron chi connectivity index (χ2n) is 4.56. The van der Waals surface area contributed by atoms with Gasteiger partial charge in [-0.3, -0.25) is 0 Å². The lowest BCUT2D eigenvalue weighted by molar-refractivity contribution is 0.445. The molecular formula is C13H17BrFN. The van der Waals surface area contributed by atoms with Crippen molar-refractivity contribution in [1.29, 1.82) is 0 Å². The Morgan fingerprint density at radius 2 is 2.31 bits per heavy atom. The van der Waals surface area contributed by atoms with Crippen LogP contribution in [0.4, 0.5) is 10.1 Å². The highest BCUT2D eigenvalue weighted by Crippen LogP contribution is 2.29. The van der Waals surface area contributed by atoms with Gasteiger partial charge in [0.05, 0.1) is 0 Å². The van der Waals surface area contributed by atoms with Gasteiger partial charge in [0.2, 0.25) is 0 Å². The van der Waals surface area contributed by atoms with Crippen molar-refractivity contribution in [3.63, 3.8) is 0 Å². The van der Waals surface area contributed by atoms with Crippen LogP contribution < -0.4 is 4.90 Å². The van der Waals surface area contributed by atoms with Gasteiger partial charge in [-0.15, -0.1) is 0 Å². The van der Waals surface area contributed by atoms with Gasteiger partial charge in [0.1, 0.15) is 5.82 Å². The highest BCUT2D eigenvalue weighted by atomic mass is 79.9. The van der Waals surface area contributed by atoms with Crippen molar-refractivity contribution in [1.82, 2.24) is 0 Å². The molecule has 0 N–H and O–H groups in total. The largest absolute Gasteiger partial charge is 0.371 e. The standard InChI is InChI=1S/C13H17BrFN/c1-10-4-3-7-16(9-10)13-6-2-5-12(15)11(13)8-14/h2,5-6,10H,3-4,7-9H2,1H3. The van der Waals surface area contributed by atoms with Crippen LogP contribution in [0.15, 0.2) is 18.2 Å². The van der Waals surface area contributed by atoms with Gasteiger partial charge < -0.3 is 4.90 Å². The van der Waals surface area contributed by atoms with Crippen molar-refractivity contribution in [2.24, 2.45) is 5.92 Å². The van der Waals surface area contributed by atoms with E-state index in [0.29, 0.717) is 11.2 Å². The molecule has 1 aliphatic heterocycles. The zero-order valence-electron chi connectivity index (χ0n) is 9.55. The van der Waals surface area contributed by atoms with Crippen molar-refractivity contribution in [2.75, 3.05) is 18.0 Å². The molecule has 1 heterocycles. The Morgan fingerprint density at radius 3 is 3.00 bits per heavy atom. The molecule has 1 unspecified atom stereocenters. The number of nitrogens with zero attached hydrogens (tertiary/aromatic N) is 1. The van der Waals surface area contributed by atoms with Crippen LogP contribution in [0.3, 0.4) is 0 Å². The molecule has 1 atom stereocenters. The number of rotatable bonds is 2. The van der Waals surface area contributed by atoms with Crippen LogP contribution in [0.25, 0.3) is 0 Å². The van der Waals surface area contributed by atoms with Gasteiger partial charge in [-0.25, -0.2) is 4.39 Å². The van der Waals surface area contributed by atoms with Crippen molar-refractivity contribution in [3.8, 4) is 0 Å². The Kier molecular flexibility index (Phi) is 3.85. The number of hydrogen-bond acceptors (Lipinski definition) is 1. The van der Waals surface area contributed by atoms with Gasteiger partial charge in [0.25, 0.3) is 0 Å². The number of benzene rings is 1. The molecule has 2 rings (SSSR count). The van der Waals surface area contributed by atoms with Crippen LogP contribution in [0, 0.1) is 11.7 Å². The smallest absolute Gasteiger partial charge is 0.129 e. The third kappa shape index (κ3) is 2.40. The summed E-state index contributed by atoms with van der Waals surface area (Å²) in [5.74, 6) is 0.604. The van der Waals surface area contributed by atoms with E-state index in [2.05, 4.69) is 27.8 Å². The number of anilines is 1. The first-order valence-electron chi connectivity index (χ1n) is 5.80. The van der Waals surface area contributed by atoms with Crippen LogP contribution in [-0.2, 0) is 5.33 Å². The van der Waals surface area contributed by atoms with Gasteiger partial charge >= 0.3 is 0 Å². The minimum atomic E-state index is -0.104. The first kappa shape index (κ1) is 11.9. The SMILES string of the molecule is CC1CCCN(c2cccc(F)c2CBr)C1. The second-order valence-corrected chi connectivity index (χ2v) is 5.13. The molecule has 0 spiro atoms. The fourth-order valence-corrected chi connectivity index (χ4v) is 2.94. The number of piperidine rings is 1. The number of halogens is 2. The lowest BCUT2D eigenvalue weighted by Gasteiger charge is -2.34. The van der Waals surface area contributed by atoms with Crippen LogP contribution >= 0.6 is 15.9 Å². The molecule has 1 aliphatic rings. The summed E-state index contributed by atoms with van der Waals surface area (Å²) in [6.07, 6.45) is 2.49. The summed E-state index contributed by atoms with van der Waals surface area (Å²) in [5.41, 5.74) is 1.85. The zero-order chi connectivity index (χ0) is 11.5. The summed E-state index contributed by atoms with van der Waals surface area (Å²) in [5, 5.41) is 0.583. The maximum atomic E-state index is 13.6. The fraction of sp³-hybridized carbons (Fsp3) is 0.538. The van der Waals surface area contributed by atoms with E-state index in [4.69, 9.17) is 0 Å². The topological polar surface area (TPSA) is 3.24 Å². The van der Waals surface area contributed by atoms with Crippen LogP contribution in [0.5, 0.6) is 0 Å². The first-order chi connectivity index (χ1) is 7.72. The molecule has 0 bridgehead atoms. The lowest BCUT2D eigenvalue weighted by Crippen LogP contribution is -2.34. The minimum Gasteiger partial charge on any atom is -0.371 e. The zero-order valence-corrected chi connectivity index (χ0v) is 11.1. The molecule has 0 saturated carbocycles. The highest BCUT2D eigenvalue weighted by molar-refractivity contribution is 9.08. The van der Waals surface area contributed by atoms with E-state index in [1.807, 2.05) is 6.07 Å². The quantitative estimate of drug-likeness (QED) is 0.744. The molecule has 1 fully saturated rings. The minimum absolute atomic E-state index is 0.104. The van der Waals surface area contributed by atoms with Crippen LogP contribution in [0.1, 0.15) is 25.3 Å². The van der Waals surface area contributed by atoms with E-state index in [0.717, 1.165) is 24.3 Å². The predicted octanol–water partition coefficient (Wildman–Crippen LogP) is 3.96. The van der Waals surface area contributed by atoms with Crippen molar-refractivity contribution in [2.45, 2.75) is 25.1 Å². The van der Waals surface area contributed by atoms with Crippen LogP contribution in [-0.4, -0.2) is 13.1 Å². The molecule has 3 heteroatoms. The van der Waals surface area contributed by atoms with E-state index in [1.165, 1.54) is 18.9 Å². The maximum absolute atomic E-state index is 13.6. The van der Waals surface area contributed by atoms with Gasteiger partial charge in [0, 0.05) is 29.7 Å². The summed E-state index contributed by atoms with van der Waals surface area (Å²) in [7, 11) is 0. The highest BCUT2D eigenvalue weighted by Gasteiger charge is 2.19. The molecule has 1 aromatic rings. The first-order valence-corrected chi connectivity index (χ1v) is 6.93. The molecule has 1 aromatic carbocycles. The van der Waals surface area contributed by atoms with E-state index < -0.39 is 0 Å². The van der Waals surface area contributed by atoms with Gasteiger partial charge in [-0.1, -0.05) is 28.9 Å². The Hall–Kier alpha value is -0.570. The monoisotopic (exact) mass is 285 g/mol. The average Bonchev–Trinajstić information content (AvgIpc) is 2.28. The number of alkyl halides is 1. The van der Waals surface area contributed by atoms with Gasteiger partial charge in [-0.05, 0) is 30.9 Å². The Balaban J connectivity index is 2.28. The molecule has 1 nitrogen and oxygen atoms in total. The summed E-state index contributed by atoms with van der Waals surface area (Å²) in [4.78, 5) is 2.31. The predicted molar refractivity (Wildman–Crippen MR) is 69.6 cm³/mol. The van der Waals surface area contributed by atoms with Crippen molar-refractivity contribution < 1.29 is 4.39 Å². The molecule has 0 amide bonds. The average molecular weight is 286 g/mol. The molecule has 0 aliphatic carbocycles. The fourth-order valence-electron chi connectivity index (χ4n) is 2.38. The summed E-state index contributed by atoms with van der Waals surface area (Å²) >= 11 is 3.37. The second kappa shape index (κ2) is 5.17. The van der Waals surface area contributed by atoms with Gasteiger partial charge in [-0.2, -0.15) is 0 Å². The van der Waals surface area contributed by atoms with Crippen LogP contribution in [0.2, 0.25) is 0 Å². The van der Waals surface area contributed by atoms with E-state index in [9.17, 15) is 4.39 Å². The van der Waals surface area contributed by atoms with Gasteiger partial charge in [0.15, 0.2) is 0 Å². The Labute approximate surface area is 105 Å². The van der Waals surface area contributed by atoms with E-state index in [1.54, 1.807) is 6.07 Å². The summed E-state index contributed by atoms with van der Waals surface area (Å²) < 4.78 is 13.6. The molecule has 0 radical (unpaired) electrons. The molecule has 1 saturated heterocycles. The molecule has 16 heavy (non-hydrogen) atoms. The Morgan fingerprint density at radius 1 is 1.50 bits per heavy atom. The van der Waals surface area contributed by atoms with Crippen molar-refractivity contribution >= 4 is 21.6 Å². The lowest BCUT2D eigenvalue weighted by atomic mass is 9.99. The van der Waals surface area contributed by atoms with E-state index in [-0.39, 0.29) is 5.82 Å². The van der Waals surface area contributed by atoms with Crippen molar-refractivity contribution in [3.05, 3.63) is 29.6 Å². The Bertz CT molecular complexity index is 367. The molecule has 0 aromatic heterocycles.